The number of halogens is 4. The van der Waals surface area contributed by atoms with Gasteiger partial charge in [-0.2, -0.15) is 0 Å². The predicted octanol–water partition coefficient (Wildman–Crippen LogP) is 3.11. The van der Waals surface area contributed by atoms with Crippen LogP contribution in [0, 0.1) is 0 Å². The van der Waals surface area contributed by atoms with Crippen molar-refractivity contribution in [2.45, 2.75) is 0 Å². The molecule has 10 heavy (non-hydrogen) atoms. The third-order valence-electron chi connectivity index (χ3n) is 1.06. The van der Waals surface area contributed by atoms with Crippen molar-refractivity contribution in [3.05, 3.63) is 19.6 Å². The molecular weight excluding hydrogens is 335 g/mol. The second kappa shape index (κ2) is 3.23. The van der Waals surface area contributed by atoms with Gasteiger partial charge in [0.2, 0.25) is 0 Å². The molecule has 0 unspecified atom stereocenters. The molecule has 0 aromatic rings. The summed E-state index contributed by atoms with van der Waals surface area (Å²) in [5.41, 5.74) is 0. The van der Waals surface area contributed by atoms with Crippen molar-refractivity contribution < 1.29 is 0 Å². The molecule has 56 valence electrons. The Balaban J connectivity index is 2.81. The van der Waals surface area contributed by atoms with Gasteiger partial charge in [-0.25, -0.2) is 0 Å². The Labute approximate surface area is 81.6 Å². The number of rotatable bonds is 0. The fourth-order valence-corrected chi connectivity index (χ4v) is 26.2. The summed E-state index contributed by atoms with van der Waals surface area (Å²) in [4.78, 5) is 7.23. The first-order chi connectivity index (χ1) is 4.41. The van der Waals surface area contributed by atoms with Crippen LogP contribution in [0.25, 0.3) is 0 Å². The van der Waals surface area contributed by atoms with Crippen LogP contribution in [0.5, 0.6) is 0 Å². The van der Waals surface area contributed by atoms with Crippen LogP contribution in [0.2, 0.25) is 0 Å². The van der Waals surface area contributed by atoms with Crippen LogP contribution < -0.4 is 0 Å². The SMILES string of the molecule is [Cl][Ge]1([Cl])[CH]=[CH][Ge]([Cl])([Cl])[CH]=[CH]1. The Morgan fingerprint density at radius 3 is 1.00 bits per heavy atom. The van der Waals surface area contributed by atoms with E-state index in [2.05, 4.69) is 0 Å². The van der Waals surface area contributed by atoms with Gasteiger partial charge in [0.25, 0.3) is 0 Å². The van der Waals surface area contributed by atoms with Crippen molar-refractivity contribution in [1.82, 2.24) is 0 Å². The average Bonchev–Trinajstić information content (AvgIpc) is 1.79. The molecule has 1 heterocycles. The average molecular weight is 339 g/mol. The predicted molar refractivity (Wildman–Crippen MR) is 53.2 cm³/mol. The first kappa shape index (κ1) is 9.81. The number of hydrogen-bond donors (Lipinski definition) is 0. The van der Waals surface area contributed by atoms with Gasteiger partial charge in [0.05, 0.1) is 0 Å². The normalized spacial score (nSPS) is 26.8. The fourth-order valence-electron chi connectivity index (χ4n) is 0.556. The molecule has 0 saturated heterocycles. The molecule has 0 amide bonds. The molecule has 0 bridgehead atoms. The van der Waals surface area contributed by atoms with Gasteiger partial charge in [0, 0.05) is 0 Å². The van der Waals surface area contributed by atoms with Crippen LogP contribution in [0.3, 0.4) is 0 Å². The molecule has 0 aromatic carbocycles. The molecule has 0 spiro atoms. The van der Waals surface area contributed by atoms with E-state index in [1.807, 2.05) is 19.6 Å². The molecule has 0 saturated carbocycles. The Kier molecular flexibility index (Phi) is 3.17. The molecular formula is C4H4Cl4Ge2. The Hall–Kier alpha value is 1.73. The van der Waals surface area contributed by atoms with E-state index in [9.17, 15) is 0 Å². The Bertz CT molecular complexity index is 157. The Morgan fingerprint density at radius 2 is 0.800 bits per heavy atom. The van der Waals surface area contributed by atoms with E-state index in [-0.39, 0.29) is 0 Å². The van der Waals surface area contributed by atoms with E-state index in [1.54, 1.807) is 0 Å². The van der Waals surface area contributed by atoms with E-state index in [0.29, 0.717) is 0 Å². The summed E-state index contributed by atoms with van der Waals surface area (Å²) in [6.45, 7) is 0. The molecule has 0 N–H and O–H groups in total. The van der Waals surface area contributed by atoms with Crippen LogP contribution in [0.15, 0.2) is 19.6 Å². The molecule has 1 rings (SSSR count). The minimum absolute atomic E-state index is 1.81. The van der Waals surface area contributed by atoms with Gasteiger partial charge in [-0.3, -0.25) is 0 Å². The van der Waals surface area contributed by atoms with Gasteiger partial charge >= 0.3 is 82.5 Å². The van der Waals surface area contributed by atoms with Gasteiger partial charge in [-0.1, -0.05) is 0 Å². The summed E-state index contributed by atoms with van der Waals surface area (Å²) in [5.74, 6) is 0. The van der Waals surface area contributed by atoms with Crippen LogP contribution in [0.1, 0.15) is 0 Å². The van der Waals surface area contributed by atoms with Gasteiger partial charge in [-0.05, 0) is 0 Å². The first-order valence-electron chi connectivity index (χ1n) is 2.58. The molecule has 0 nitrogen and oxygen atoms in total. The summed E-state index contributed by atoms with van der Waals surface area (Å²) < 4.78 is 0. The standard InChI is InChI=1S/C4H4Cl4Ge2/c5-9(6)1-2-10(7,8)4-3-9/h1-4H. The van der Waals surface area contributed by atoms with Crippen LogP contribution in [0.4, 0.5) is 0 Å². The zero-order chi connectivity index (χ0) is 7.83. The van der Waals surface area contributed by atoms with Gasteiger partial charge in [0.15, 0.2) is 0 Å². The number of hydrogen-bond acceptors (Lipinski definition) is 0. The van der Waals surface area contributed by atoms with Crippen molar-refractivity contribution >= 4 is 62.9 Å². The van der Waals surface area contributed by atoms with E-state index < -0.39 is 22.8 Å². The molecule has 1 aliphatic heterocycles. The summed E-state index contributed by atoms with van der Waals surface area (Å²) in [6.07, 6.45) is 0. The van der Waals surface area contributed by atoms with Gasteiger partial charge in [-0.15, -0.1) is 0 Å². The zero-order valence-electron chi connectivity index (χ0n) is 4.82. The molecule has 1 aliphatic rings. The molecule has 0 radical (unpaired) electrons. The fraction of sp³-hybridized carbons (Fsp3) is 0. The summed E-state index contributed by atoms with van der Waals surface area (Å²) in [6, 6.07) is 0. The van der Waals surface area contributed by atoms with Crippen LogP contribution in [-0.4, -0.2) is 22.8 Å². The molecule has 6 heteroatoms. The van der Waals surface area contributed by atoms with Crippen molar-refractivity contribution in [3.63, 3.8) is 0 Å². The van der Waals surface area contributed by atoms with E-state index in [1.165, 1.54) is 0 Å². The first-order valence-corrected chi connectivity index (χ1v) is 18.5. The molecule has 0 aliphatic carbocycles. The quantitative estimate of drug-likeness (QED) is 0.595. The van der Waals surface area contributed by atoms with Crippen molar-refractivity contribution in [3.8, 4) is 0 Å². The topological polar surface area (TPSA) is 0 Å². The van der Waals surface area contributed by atoms with E-state index in [4.69, 9.17) is 40.0 Å². The second-order valence-electron chi connectivity index (χ2n) is 2.02. The summed E-state index contributed by atoms with van der Waals surface area (Å²) in [7, 11) is 23.6. The zero-order valence-corrected chi connectivity index (χ0v) is 12.0. The third kappa shape index (κ3) is 2.99. The molecule has 0 aromatic heterocycles. The van der Waals surface area contributed by atoms with Gasteiger partial charge < -0.3 is 0 Å². The third-order valence-corrected chi connectivity index (χ3v) is 14.4. The Morgan fingerprint density at radius 1 is 0.600 bits per heavy atom. The van der Waals surface area contributed by atoms with Crippen molar-refractivity contribution in [2.75, 3.05) is 0 Å². The monoisotopic (exact) mass is 340 g/mol. The maximum atomic E-state index is 5.89. The van der Waals surface area contributed by atoms with Crippen LogP contribution >= 0.6 is 40.0 Å². The molecule has 0 atom stereocenters. The summed E-state index contributed by atoms with van der Waals surface area (Å²) in [5, 5.41) is 0. The van der Waals surface area contributed by atoms with E-state index >= 15 is 0 Å². The summed E-state index contributed by atoms with van der Waals surface area (Å²) >= 11 is -5.36. The molecule has 0 fully saturated rings. The van der Waals surface area contributed by atoms with Gasteiger partial charge in [0.1, 0.15) is 0 Å². The van der Waals surface area contributed by atoms with E-state index in [0.717, 1.165) is 0 Å². The second-order valence-corrected chi connectivity index (χ2v) is 25.5. The van der Waals surface area contributed by atoms with Crippen molar-refractivity contribution in [2.24, 2.45) is 0 Å². The van der Waals surface area contributed by atoms with Crippen molar-refractivity contribution in [1.29, 1.82) is 0 Å². The maximum absolute atomic E-state index is 5.89. The minimum atomic E-state index is -2.68. The van der Waals surface area contributed by atoms with Crippen LogP contribution in [-0.2, 0) is 0 Å².